The van der Waals surface area contributed by atoms with E-state index in [-0.39, 0.29) is 18.4 Å². The number of benzene rings is 2. The molecule has 3 rings (SSSR count). The van der Waals surface area contributed by atoms with Crippen molar-refractivity contribution in [3.63, 3.8) is 0 Å². The SMILES string of the molecule is CC(C)c1ccc(/C=C/C(=O)Nc2ccc3c(c2)NC(=O)CO3)cc1. The minimum atomic E-state index is -0.240. The van der Waals surface area contributed by atoms with Crippen molar-refractivity contribution in [3.8, 4) is 5.75 Å². The maximum absolute atomic E-state index is 12.1. The fourth-order valence-electron chi connectivity index (χ4n) is 2.51. The topological polar surface area (TPSA) is 67.4 Å². The van der Waals surface area contributed by atoms with E-state index >= 15 is 0 Å². The van der Waals surface area contributed by atoms with E-state index < -0.39 is 0 Å². The van der Waals surface area contributed by atoms with Crippen LogP contribution in [0.15, 0.2) is 48.5 Å². The molecule has 0 radical (unpaired) electrons. The van der Waals surface area contributed by atoms with Gasteiger partial charge in [0.2, 0.25) is 5.91 Å². The lowest BCUT2D eigenvalue weighted by molar-refractivity contribution is -0.118. The van der Waals surface area contributed by atoms with Gasteiger partial charge in [0.15, 0.2) is 6.61 Å². The molecular weight excluding hydrogens is 316 g/mol. The van der Waals surface area contributed by atoms with Crippen LogP contribution in [0.5, 0.6) is 5.75 Å². The molecule has 0 unspecified atom stereocenters. The standard InChI is InChI=1S/C20H20N2O3/c1-13(2)15-6-3-14(4-7-15)5-10-19(23)21-16-8-9-18-17(11-16)22-20(24)12-25-18/h3-11,13H,12H2,1-2H3,(H,21,23)(H,22,24)/b10-5+. The highest BCUT2D eigenvalue weighted by Gasteiger charge is 2.16. The first kappa shape index (κ1) is 16.8. The smallest absolute Gasteiger partial charge is 0.262 e. The molecule has 5 heteroatoms. The number of hydrogen-bond donors (Lipinski definition) is 2. The summed E-state index contributed by atoms with van der Waals surface area (Å²) in [6.45, 7) is 4.30. The maximum atomic E-state index is 12.1. The number of carbonyl (C=O) groups excluding carboxylic acids is 2. The van der Waals surface area contributed by atoms with Crippen molar-refractivity contribution < 1.29 is 14.3 Å². The van der Waals surface area contributed by atoms with Gasteiger partial charge in [-0.2, -0.15) is 0 Å². The van der Waals surface area contributed by atoms with Crippen LogP contribution in [0.25, 0.3) is 6.08 Å². The molecule has 2 aromatic carbocycles. The van der Waals surface area contributed by atoms with Crippen LogP contribution in [-0.4, -0.2) is 18.4 Å². The zero-order valence-electron chi connectivity index (χ0n) is 14.2. The van der Waals surface area contributed by atoms with Gasteiger partial charge in [0.1, 0.15) is 5.75 Å². The Morgan fingerprint density at radius 2 is 1.96 bits per heavy atom. The molecule has 0 atom stereocenters. The van der Waals surface area contributed by atoms with E-state index in [4.69, 9.17) is 4.74 Å². The van der Waals surface area contributed by atoms with Crippen molar-refractivity contribution >= 4 is 29.3 Å². The van der Waals surface area contributed by atoms with Crippen LogP contribution in [-0.2, 0) is 9.59 Å². The van der Waals surface area contributed by atoms with Gasteiger partial charge in [0, 0.05) is 11.8 Å². The average Bonchev–Trinajstić information content (AvgIpc) is 2.60. The number of anilines is 2. The monoisotopic (exact) mass is 336 g/mol. The molecule has 2 amide bonds. The second kappa shape index (κ2) is 7.21. The minimum absolute atomic E-state index is 0.0110. The van der Waals surface area contributed by atoms with Crippen LogP contribution in [0.4, 0.5) is 11.4 Å². The molecule has 1 aliphatic rings. The molecule has 0 aromatic heterocycles. The number of fused-ring (bicyclic) bond motifs is 1. The van der Waals surface area contributed by atoms with Gasteiger partial charge >= 0.3 is 0 Å². The van der Waals surface area contributed by atoms with Crippen LogP contribution in [0.1, 0.15) is 30.9 Å². The van der Waals surface area contributed by atoms with Crippen molar-refractivity contribution in [2.45, 2.75) is 19.8 Å². The molecule has 128 valence electrons. The molecule has 0 saturated heterocycles. The number of hydrogen-bond acceptors (Lipinski definition) is 3. The Bertz CT molecular complexity index is 823. The Kier molecular flexibility index (Phi) is 4.84. The zero-order chi connectivity index (χ0) is 17.8. The normalized spacial score (nSPS) is 13.3. The molecule has 2 N–H and O–H groups in total. The van der Waals surface area contributed by atoms with E-state index in [0.717, 1.165) is 5.56 Å². The highest BCUT2D eigenvalue weighted by molar-refractivity contribution is 6.03. The number of amides is 2. The lowest BCUT2D eigenvalue weighted by Gasteiger charge is -2.18. The Morgan fingerprint density at radius 1 is 1.20 bits per heavy atom. The van der Waals surface area contributed by atoms with Gasteiger partial charge in [-0.15, -0.1) is 0 Å². The van der Waals surface area contributed by atoms with Gasteiger partial charge in [0.25, 0.3) is 5.91 Å². The summed E-state index contributed by atoms with van der Waals surface area (Å²) in [7, 11) is 0. The third-order valence-electron chi connectivity index (χ3n) is 3.91. The molecule has 0 bridgehead atoms. The van der Waals surface area contributed by atoms with Crippen LogP contribution in [0, 0.1) is 0 Å². The molecule has 0 fully saturated rings. The first-order valence-electron chi connectivity index (χ1n) is 8.17. The lowest BCUT2D eigenvalue weighted by atomic mass is 10.0. The van der Waals surface area contributed by atoms with Gasteiger partial charge in [-0.3, -0.25) is 9.59 Å². The average molecular weight is 336 g/mol. The Labute approximate surface area is 146 Å². The molecule has 0 spiro atoms. The fraction of sp³-hybridized carbons (Fsp3) is 0.200. The quantitative estimate of drug-likeness (QED) is 0.835. The van der Waals surface area contributed by atoms with Gasteiger partial charge in [-0.25, -0.2) is 0 Å². The van der Waals surface area contributed by atoms with E-state index in [1.54, 1.807) is 24.3 Å². The van der Waals surface area contributed by atoms with E-state index in [9.17, 15) is 9.59 Å². The predicted molar refractivity (Wildman–Crippen MR) is 98.8 cm³/mol. The molecular formula is C20H20N2O3. The predicted octanol–water partition coefficient (Wildman–Crippen LogP) is 3.79. The molecule has 1 heterocycles. The summed E-state index contributed by atoms with van der Waals surface area (Å²) < 4.78 is 5.29. The molecule has 5 nitrogen and oxygen atoms in total. The Balaban J connectivity index is 1.64. The second-order valence-electron chi connectivity index (χ2n) is 6.19. The molecule has 1 aliphatic heterocycles. The fourth-order valence-corrected chi connectivity index (χ4v) is 2.51. The van der Waals surface area contributed by atoms with E-state index in [1.807, 2.05) is 12.1 Å². The van der Waals surface area contributed by atoms with Crippen LogP contribution in [0.3, 0.4) is 0 Å². The third kappa shape index (κ3) is 4.26. The highest BCUT2D eigenvalue weighted by atomic mass is 16.5. The van der Waals surface area contributed by atoms with E-state index in [2.05, 4.69) is 36.6 Å². The van der Waals surface area contributed by atoms with Crippen LogP contribution < -0.4 is 15.4 Å². The zero-order valence-corrected chi connectivity index (χ0v) is 14.2. The number of ether oxygens (including phenoxy) is 1. The van der Waals surface area contributed by atoms with Crippen molar-refractivity contribution in [2.75, 3.05) is 17.2 Å². The van der Waals surface area contributed by atoms with Gasteiger partial charge in [0.05, 0.1) is 5.69 Å². The molecule has 0 saturated carbocycles. The maximum Gasteiger partial charge on any atom is 0.262 e. The third-order valence-corrected chi connectivity index (χ3v) is 3.91. The highest BCUT2D eigenvalue weighted by Crippen LogP contribution is 2.30. The Hall–Kier alpha value is -3.08. The van der Waals surface area contributed by atoms with Gasteiger partial charge in [-0.1, -0.05) is 38.1 Å². The first-order chi connectivity index (χ1) is 12.0. The summed E-state index contributed by atoms with van der Waals surface area (Å²) in [5.74, 6) is 0.629. The minimum Gasteiger partial charge on any atom is -0.482 e. The summed E-state index contributed by atoms with van der Waals surface area (Å²) in [4.78, 5) is 23.4. The first-order valence-corrected chi connectivity index (χ1v) is 8.17. The number of nitrogens with one attached hydrogen (secondary N) is 2. The largest absolute Gasteiger partial charge is 0.482 e. The van der Waals surface area contributed by atoms with E-state index in [1.165, 1.54) is 11.6 Å². The summed E-state index contributed by atoms with van der Waals surface area (Å²) in [6.07, 6.45) is 3.25. The summed E-state index contributed by atoms with van der Waals surface area (Å²) >= 11 is 0. The second-order valence-corrected chi connectivity index (χ2v) is 6.19. The van der Waals surface area contributed by atoms with Crippen molar-refractivity contribution in [1.82, 2.24) is 0 Å². The molecule has 25 heavy (non-hydrogen) atoms. The summed E-state index contributed by atoms with van der Waals surface area (Å²) in [5, 5.41) is 5.49. The van der Waals surface area contributed by atoms with Gasteiger partial charge in [-0.05, 0) is 41.3 Å². The molecule has 2 aromatic rings. The van der Waals surface area contributed by atoms with Crippen molar-refractivity contribution in [1.29, 1.82) is 0 Å². The van der Waals surface area contributed by atoms with Crippen LogP contribution in [0.2, 0.25) is 0 Å². The number of rotatable bonds is 4. The summed E-state index contributed by atoms with van der Waals surface area (Å²) in [6, 6.07) is 13.2. The van der Waals surface area contributed by atoms with E-state index in [0.29, 0.717) is 23.0 Å². The number of carbonyl (C=O) groups is 2. The lowest BCUT2D eigenvalue weighted by Crippen LogP contribution is -2.25. The Morgan fingerprint density at radius 3 is 2.68 bits per heavy atom. The molecule has 0 aliphatic carbocycles. The van der Waals surface area contributed by atoms with Crippen molar-refractivity contribution in [2.24, 2.45) is 0 Å². The summed E-state index contributed by atoms with van der Waals surface area (Å²) in [5.41, 5.74) is 3.38. The van der Waals surface area contributed by atoms with Crippen molar-refractivity contribution in [3.05, 3.63) is 59.7 Å². The van der Waals surface area contributed by atoms with Crippen LogP contribution >= 0.6 is 0 Å². The van der Waals surface area contributed by atoms with Gasteiger partial charge < -0.3 is 15.4 Å².